The third-order valence-corrected chi connectivity index (χ3v) is 21.1. The highest BCUT2D eigenvalue weighted by molar-refractivity contribution is 6.02. The van der Waals surface area contributed by atoms with Gasteiger partial charge in [-0.2, -0.15) is 0 Å². The number of phenolic OH excluding ortho intramolecular Hbond substituents is 1. The van der Waals surface area contributed by atoms with Crippen LogP contribution >= 0.6 is 0 Å². The summed E-state index contributed by atoms with van der Waals surface area (Å²) in [6.45, 7) is 1.02. The first-order valence-electron chi connectivity index (χ1n) is 42.9. The number of hydrogen-bond donors (Lipinski definition) is 26. The summed E-state index contributed by atoms with van der Waals surface area (Å²) in [4.78, 5) is 280. The summed E-state index contributed by atoms with van der Waals surface area (Å²) in [5.41, 5.74) is 29.6. The summed E-state index contributed by atoms with van der Waals surface area (Å²) >= 11 is 0. The number of aromatic nitrogens is 2. The van der Waals surface area contributed by atoms with Gasteiger partial charge in [0.2, 0.25) is 106 Å². The van der Waals surface area contributed by atoms with Crippen LogP contribution in [0.4, 0.5) is 0 Å². The number of aliphatic hydroxyl groups is 1. The van der Waals surface area contributed by atoms with Gasteiger partial charge in [0.1, 0.15) is 78.3 Å². The van der Waals surface area contributed by atoms with E-state index in [0.29, 0.717) is 23.1 Å². The van der Waals surface area contributed by atoms with Crippen LogP contribution in [0, 0.1) is 11.3 Å². The average Bonchev–Trinajstić information content (AvgIpc) is 1.71. The minimum absolute atomic E-state index is 0.0693. The van der Waals surface area contributed by atoms with Crippen molar-refractivity contribution in [2.75, 3.05) is 52.4 Å². The van der Waals surface area contributed by atoms with Gasteiger partial charge in [-0.05, 0) is 106 Å². The Morgan fingerprint density at radius 3 is 1.52 bits per heavy atom. The summed E-state index contributed by atoms with van der Waals surface area (Å²) in [5, 5.41) is 84.6. The number of carboxylic acids is 2. The molecule has 2 aliphatic heterocycles. The molecule has 0 saturated carbocycles. The second kappa shape index (κ2) is 54.0. The molecule has 4 aromatic rings. The molecule has 2 aliphatic rings. The fourth-order valence-electron chi connectivity index (χ4n) is 14.3. The maximum absolute atomic E-state index is 14.9. The first-order chi connectivity index (χ1) is 63.1. The Morgan fingerprint density at radius 2 is 0.955 bits per heavy atom. The van der Waals surface area contributed by atoms with Crippen LogP contribution in [0.15, 0.2) is 97.5 Å². The van der Waals surface area contributed by atoms with Crippen molar-refractivity contribution in [1.29, 1.82) is 5.41 Å². The smallest absolute Gasteiger partial charge is 0.326 e. The monoisotopic (exact) mass is 1860 g/mol. The van der Waals surface area contributed by atoms with Crippen LogP contribution < -0.4 is 108 Å². The molecular weight excluding hydrogens is 1740 g/mol. The zero-order valence-corrected chi connectivity index (χ0v) is 73.6. The minimum atomic E-state index is -1.98. The molecule has 31 N–H and O–H groups in total. The molecule has 0 aliphatic carbocycles. The fraction of sp³-hybridized carbons (Fsp3) is 0.500. The normalized spacial score (nSPS) is 16.0. The number of guanidine groups is 1. The molecule has 0 radical (unpaired) electrons. The third kappa shape index (κ3) is 37.0. The molecule has 49 heteroatoms. The van der Waals surface area contributed by atoms with Gasteiger partial charge >= 0.3 is 11.9 Å². The number of H-pyrrole nitrogens is 1. The number of carboxylic acid groups (broad SMARTS) is 2. The van der Waals surface area contributed by atoms with E-state index in [2.05, 4.69) is 89.7 Å². The van der Waals surface area contributed by atoms with Crippen molar-refractivity contribution >= 4 is 124 Å². The molecule has 6 rings (SSSR count). The van der Waals surface area contributed by atoms with Crippen molar-refractivity contribution in [3.63, 3.8) is 0 Å². The third-order valence-electron chi connectivity index (χ3n) is 21.1. The number of aliphatic carboxylic acids is 2. The SMILES string of the molecule is CC(C)C[C@H](NC(=O)CNC(=O)CNC(=O)[C@H](Cc1ccccc1)NC(=O)[C@H](Cc1cnc[nH]1)NC(=O)CNC(=O)[C@@H](NC(=O)[C@H](CCN)NC(=O)[C@H](Cc1ccccc1)NC(=O)[C@H](CCCNC(=N)N)NC(=O)[C@@H](N)CCC(N)=O)[C@@H](C)O)C(=O)N[C@@H](Cc1ccc(O)cc1)C(=O)N1CCC[C@H]1C(=O)N[C@@H](CC(=O)O)C(=O)N[C@@H](CC(N)=O)C(=O)NCC(=O)N1CCC[C@H]1C(=O)O. The van der Waals surface area contributed by atoms with Gasteiger partial charge in [0.25, 0.3) is 0 Å². The van der Waals surface area contributed by atoms with Crippen LogP contribution in [-0.2, 0) is 122 Å². The summed E-state index contributed by atoms with van der Waals surface area (Å²) in [5.74, 6) is -21.5. The lowest BCUT2D eigenvalue weighted by Crippen LogP contribution is -2.61. The van der Waals surface area contributed by atoms with Crippen LogP contribution in [0.3, 0.4) is 0 Å². The summed E-state index contributed by atoms with van der Waals surface area (Å²) in [7, 11) is 0. The maximum Gasteiger partial charge on any atom is 0.326 e. The van der Waals surface area contributed by atoms with E-state index in [1.807, 2.05) is 0 Å². The molecule has 0 unspecified atom stereocenters. The molecule has 3 heterocycles. The van der Waals surface area contributed by atoms with Gasteiger partial charge in [0, 0.05) is 63.6 Å². The standard InChI is InChI=1S/C84H119N25O24/c1-44(2)31-54(76(125)106-60(34-48-20-22-50(111)23-21-48)82(131)109-30-11-18-61(109)80(129)105-59(37-69(118)119)79(128)104-58(36-64(88)113)73(122)96-42-68(117)108-29-12-19-62(108)83(132)133)98-66(115)40-93-65(114)39-94-72(121)55(32-46-13-6-4-7-14-46)102-78(127)57(35-49-38-91-43-97-49)99-67(116)41-95-81(130)70(45(3)110)107-75(124)53(26-27-85)101-77(126)56(33-47-15-8-5-9-16-47)103-74(123)52(17-10-28-92-84(89)90)100-71(120)51(86)24-25-63(87)112/h4-9,13-16,20-23,38,43-45,51-62,70,110-111H,10-12,17-19,24-37,39-42,85-86H2,1-3H3,(H2,87,112)(H2,88,113)(H,91,97)(H,93,114)(H,94,121)(H,95,130)(H,96,122)(H,98,115)(H,99,116)(H,100,120)(H,101,126)(H,102,127)(H,103,123)(H,104,128)(H,105,129)(H,106,125)(H,107,124)(H,118,119)(H,132,133)(H4,89,90,92)/t45-,51+,52+,53+,54+,55+,56+,57+,58+,59+,60+,61+,62+,70+/m1/s1. The van der Waals surface area contributed by atoms with E-state index in [9.17, 15) is 116 Å². The topological polar surface area (TPSA) is 792 Å². The lowest BCUT2D eigenvalue weighted by Gasteiger charge is -2.31. The first kappa shape index (κ1) is 107. The van der Waals surface area contributed by atoms with Gasteiger partial charge in [0.05, 0.1) is 57.5 Å². The van der Waals surface area contributed by atoms with Crippen LogP contribution in [-0.4, -0.2) is 301 Å². The van der Waals surface area contributed by atoms with E-state index in [0.717, 1.165) is 16.7 Å². The Balaban J connectivity index is 1.09. The van der Waals surface area contributed by atoms with E-state index < -0.39 is 242 Å². The number of carbonyl (C=O) groups is 20. The van der Waals surface area contributed by atoms with E-state index >= 15 is 0 Å². The van der Waals surface area contributed by atoms with Crippen molar-refractivity contribution in [3.05, 3.63) is 120 Å². The predicted molar refractivity (Wildman–Crippen MR) is 469 cm³/mol. The zero-order chi connectivity index (χ0) is 98.1. The van der Waals surface area contributed by atoms with Gasteiger partial charge < -0.3 is 144 Å². The van der Waals surface area contributed by atoms with Gasteiger partial charge in [-0.15, -0.1) is 0 Å². The number of benzene rings is 3. The number of aromatic hydroxyl groups is 1. The van der Waals surface area contributed by atoms with E-state index in [1.165, 1.54) is 36.8 Å². The molecule has 0 bridgehead atoms. The highest BCUT2D eigenvalue weighted by Gasteiger charge is 2.43. The van der Waals surface area contributed by atoms with Gasteiger partial charge in [0.15, 0.2) is 5.96 Å². The largest absolute Gasteiger partial charge is 0.508 e. The molecule has 724 valence electrons. The second-order valence-electron chi connectivity index (χ2n) is 32.2. The molecule has 3 aromatic carbocycles. The Kier molecular flexibility index (Phi) is 43.4. The number of carbonyl (C=O) groups excluding carboxylic acids is 18. The highest BCUT2D eigenvalue weighted by Crippen LogP contribution is 2.23. The van der Waals surface area contributed by atoms with Crippen LogP contribution in [0.1, 0.15) is 120 Å². The average molecular weight is 1860 g/mol. The first-order valence-corrected chi connectivity index (χ1v) is 42.9. The number of aliphatic hydroxyl groups excluding tert-OH is 1. The summed E-state index contributed by atoms with van der Waals surface area (Å²) in [6.07, 6.45) is -2.18. The molecule has 14 atom stereocenters. The number of likely N-dealkylation sites (tertiary alicyclic amines) is 2. The summed E-state index contributed by atoms with van der Waals surface area (Å²) < 4.78 is 0. The maximum atomic E-state index is 14.9. The molecular formula is C84H119N25O24. The number of nitrogens with one attached hydrogen (secondary N) is 17. The number of imidazole rings is 1. The number of hydrogen-bond acceptors (Lipinski definition) is 26. The molecule has 1 aromatic heterocycles. The quantitative estimate of drug-likeness (QED) is 0.0111. The van der Waals surface area contributed by atoms with Crippen molar-refractivity contribution in [3.8, 4) is 5.75 Å². The molecule has 18 amide bonds. The van der Waals surface area contributed by atoms with Crippen LogP contribution in [0.5, 0.6) is 5.75 Å². The number of amides is 18. The number of aromatic amines is 1. The van der Waals surface area contributed by atoms with Crippen molar-refractivity contribution < 1.29 is 116 Å². The van der Waals surface area contributed by atoms with Crippen LogP contribution in [0.25, 0.3) is 0 Å². The van der Waals surface area contributed by atoms with E-state index in [4.69, 9.17) is 34.1 Å². The van der Waals surface area contributed by atoms with Gasteiger partial charge in [-0.1, -0.05) is 86.6 Å². The Labute approximate surface area is 763 Å². The van der Waals surface area contributed by atoms with Gasteiger partial charge in [-0.25, -0.2) is 9.78 Å². The number of nitrogens with two attached hydrogens (primary N) is 5. The number of primary amides is 2. The van der Waals surface area contributed by atoms with Crippen molar-refractivity contribution in [2.45, 2.75) is 208 Å². The van der Waals surface area contributed by atoms with Gasteiger partial charge in [-0.3, -0.25) is 96.5 Å². The molecule has 133 heavy (non-hydrogen) atoms. The lowest BCUT2D eigenvalue weighted by atomic mass is 10.0. The highest BCUT2D eigenvalue weighted by atomic mass is 16.4. The fourth-order valence-corrected chi connectivity index (χ4v) is 14.3. The predicted octanol–water partition coefficient (Wildman–Crippen LogP) is -9.25. The summed E-state index contributed by atoms with van der Waals surface area (Å²) in [6, 6.07) is 2.03. The Morgan fingerprint density at radius 1 is 0.481 bits per heavy atom. The Bertz CT molecular complexity index is 4740. The molecule has 49 nitrogen and oxygen atoms in total. The molecule has 2 saturated heterocycles. The number of nitrogens with zero attached hydrogens (tertiary/aromatic N) is 3. The minimum Gasteiger partial charge on any atom is -0.508 e. The van der Waals surface area contributed by atoms with E-state index in [1.54, 1.807) is 74.5 Å². The lowest BCUT2D eigenvalue weighted by molar-refractivity contribution is -0.148. The van der Waals surface area contributed by atoms with E-state index in [-0.39, 0.29) is 133 Å². The number of rotatable bonds is 55. The van der Waals surface area contributed by atoms with Crippen molar-refractivity contribution in [1.82, 2.24) is 99.5 Å². The van der Waals surface area contributed by atoms with Crippen LogP contribution in [0.2, 0.25) is 0 Å². The molecule has 2 fully saturated rings. The second-order valence-corrected chi connectivity index (χ2v) is 32.2. The molecule has 0 spiro atoms. The Hall–Kier alpha value is -14.8. The van der Waals surface area contributed by atoms with Crippen molar-refractivity contribution in [2.24, 2.45) is 34.6 Å². The number of phenols is 1. The zero-order valence-electron chi connectivity index (χ0n) is 73.6.